The number of sulfonamides is 2. The Hall–Kier alpha value is -4.98. The quantitative estimate of drug-likeness (QED) is 0.135. The van der Waals surface area contributed by atoms with Gasteiger partial charge < -0.3 is 20.6 Å². The average molecular weight is 977 g/mol. The molecule has 65 heavy (non-hydrogen) atoms. The highest BCUT2D eigenvalue weighted by molar-refractivity contribution is 7.89. The second kappa shape index (κ2) is 21.5. The first kappa shape index (κ1) is 49.5. The maximum Gasteiger partial charge on any atom is 0.335 e. The fourth-order valence-corrected chi connectivity index (χ4v) is 11.3. The molecule has 348 valence electrons. The van der Waals surface area contributed by atoms with Crippen LogP contribution in [0.15, 0.2) is 107 Å². The largest absolute Gasteiger partial charge is 0.478 e. The number of carboxylic acids is 1. The van der Waals surface area contributed by atoms with Gasteiger partial charge in [0.2, 0.25) is 31.9 Å². The van der Waals surface area contributed by atoms with E-state index in [0.717, 1.165) is 17.1 Å². The molecule has 3 saturated heterocycles. The third-order valence-electron chi connectivity index (χ3n) is 11.4. The van der Waals surface area contributed by atoms with Crippen LogP contribution in [-0.4, -0.2) is 103 Å². The lowest BCUT2D eigenvalue weighted by Crippen LogP contribution is -2.48. The van der Waals surface area contributed by atoms with Gasteiger partial charge in [-0.1, -0.05) is 47.5 Å². The lowest BCUT2D eigenvalue weighted by molar-refractivity contribution is -0.125. The van der Waals surface area contributed by atoms with Crippen molar-refractivity contribution in [1.29, 1.82) is 0 Å². The number of carbonyl (C=O) groups excluding carboxylic acids is 3. The first-order valence-corrected chi connectivity index (χ1v) is 24.7. The van der Waals surface area contributed by atoms with Crippen LogP contribution in [-0.2, 0) is 42.7 Å². The molecule has 0 radical (unpaired) electrons. The molecule has 2 atom stereocenters. The monoisotopic (exact) mass is 975 g/mol. The Labute approximate surface area is 387 Å². The zero-order chi connectivity index (χ0) is 46.9. The molecular formula is C45H49Cl2F2N5O9S2. The topological polar surface area (TPSA) is 191 Å². The van der Waals surface area contributed by atoms with Crippen molar-refractivity contribution in [3.8, 4) is 0 Å². The molecule has 3 fully saturated rings. The number of carbonyl (C=O) groups is 4. The molecule has 3 N–H and O–H groups in total. The maximum atomic E-state index is 13.7. The summed E-state index contributed by atoms with van der Waals surface area (Å²) in [5.74, 6) is -4.98. The third-order valence-corrected chi connectivity index (χ3v) is 15.6. The molecule has 14 nitrogen and oxygen atoms in total. The summed E-state index contributed by atoms with van der Waals surface area (Å²) in [7, 11) is -8.13. The number of benzene rings is 4. The van der Waals surface area contributed by atoms with E-state index in [1.807, 2.05) is 0 Å². The van der Waals surface area contributed by atoms with Crippen LogP contribution >= 0.6 is 23.2 Å². The molecule has 0 spiro atoms. The van der Waals surface area contributed by atoms with Gasteiger partial charge in [0.15, 0.2) is 0 Å². The first-order chi connectivity index (χ1) is 30.9. The van der Waals surface area contributed by atoms with Crippen LogP contribution in [0.2, 0.25) is 10.0 Å². The molecule has 3 amide bonds. The van der Waals surface area contributed by atoms with Gasteiger partial charge in [0.25, 0.3) is 11.8 Å². The van der Waals surface area contributed by atoms with E-state index in [-0.39, 0.29) is 77.7 Å². The molecular weight excluding hydrogens is 928 g/mol. The van der Waals surface area contributed by atoms with Crippen molar-refractivity contribution in [2.24, 2.45) is 0 Å². The van der Waals surface area contributed by atoms with E-state index in [2.05, 4.69) is 10.6 Å². The Balaban J connectivity index is 0.000000221. The molecule has 0 bridgehead atoms. The highest BCUT2D eigenvalue weighted by Crippen LogP contribution is 2.30. The summed E-state index contributed by atoms with van der Waals surface area (Å²) in [6.07, 6.45) is 2.86. The predicted molar refractivity (Wildman–Crippen MR) is 240 cm³/mol. The van der Waals surface area contributed by atoms with E-state index < -0.39 is 44.0 Å². The van der Waals surface area contributed by atoms with Crippen LogP contribution < -0.4 is 10.6 Å². The Morgan fingerprint density at radius 1 is 0.662 bits per heavy atom. The molecule has 3 aliphatic heterocycles. The Morgan fingerprint density at radius 2 is 1.08 bits per heavy atom. The van der Waals surface area contributed by atoms with Crippen LogP contribution in [0.1, 0.15) is 83.2 Å². The molecule has 0 aromatic heterocycles. The van der Waals surface area contributed by atoms with Crippen molar-refractivity contribution < 1.29 is 49.9 Å². The minimum absolute atomic E-state index is 0.00502. The number of aromatic carboxylic acids is 1. The molecule has 3 aliphatic rings. The van der Waals surface area contributed by atoms with Gasteiger partial charge in [0, 0.05) is 67.7 Å². The molecule has 20 heteroatoms. The van der Waals surface area contributed by atoms with E-state index in [4.69, 9.17) is 23.2 Å². The number of alkyl halides is 2. The summed E-state index contributed by atoms with van der Waals surface area (Å²) in [4.78, 5) is 51.1. The van der Waals surface area contributed by atoms with Crippen molar-refractivity contribution in [3.63, 3.8) is 0 Å². The van der Waals surface area contributed by atoms with Crippen molar-refractivity contribution >= 4 is 66.9 Å². The molecule has 7 rings (SSSR count). The Kier molecular flexibility index (Phi) is 16.4. The number of nitrogens with one attached hydrogen (secondary N) is 2. The third kappa shape index (κ3) is 12.7. The number of carboxylic acid groups (broad SMARTS) is 1. The number of halogens is 4. The molecule has 4 aromatic carbocycles. The SMILES string of the molecule is O=C(O)c1cccc(CN(C2CCCCNC2=O)S(=O)(=O)c2ccc(Cl)cc2)c1.O=C1NCCCCC1N(Cc1cccc(C(=O)N2CCC(F)(F)CC2)c1)S(=O)(=O)c1ccc(Cl)cc1. The number of rotatable bonds is 12. The lowest BCUT2D eigenvalue weighted by Gasteiger charge is -2.32. The number of likely N-dealkylation sites (tertiary alicyclic amines) is 1. The zero-order valence-corrected chi connectivity index (χ0v) is 38.3. The van der Waals surface area contributed by atoms with Gasteiger partial charge in [0.1, 0.15) is 12.1 Å². The molecule has 4 aromatic rings. The predicted octanol–water partition coefficient (Wildman–Crippen LogP) is 6.97. The molecule has 2 unspecified atom stereocenters. The number of hydrogen-bond acceptors (Lipinski definition) is 8. The standard InChI is InChI=1S/C25H28ClF2N3O4S.C20H21ClN2O5S/c26-20-7-9-21(10-8-20)36(34,35)31(22-6-1-2-13-29-23(22)32)17-18-4-3-5-19(16-18)24(33)30-14-11-25(27,28)12-15-30;21-16-7-9-17(10-8-16)29(27,28)23(18-6-1-2-11-22-19(18)24)13-14-4-3-5-15(12-14)20(25)26/h3-5,7-10,16,22H,1-2,6,11-15,17H2,(H,29,32);3-5,7-10,12,18H,1-2,6,11,13H2,(H,22,24)(H,25,26). The van der Waals surface area contributed by atoms with Gasteiger partial charge >= 0.3 is 5.97 Å². The molecule has 0 aliphatic carbocycles. The summed E-state index contributed by atoms with van der Waals surface area (Å²) < 4.78 is 83.6. The second-order valence-electron chi connectivity index (χ2n) is 16.0. The second-order valence-corrected chi connectivity index (χ2v) is 20.6. The van der Waals surface area contributed by atoms with Crippen LogP contribution in [0.25, 0.3) is 0 Å². The maximum absolute atomic E-state index is 13.7. The highest BCUT2D eigenvalue weighted by Gasteiger charge is 2.39. The van der Waals surface area contributed by atoms with E-state index in [1.165, 1.54) is 69.9 Å². The fraction of sp³-hybridized carbons (Fsp3) is 0.378. The minimum Gasteiger partial charge on any atom is -0.478 e. The fourth-order valence-electron chi connectivity index (χ4n) is 7.79. The van der Waals surface area contributed by atoms with Crippen molar-refractivity contribution in [2.45, 2.75) is 92.3 Å². The van der Waals surface area contributed by atoms with E-state index in [9.17, 15) is 49.9 Å². The smallest absolute Gasteiger partial charge is 0.335 e. The van der Waals surface area contributed by atoms with Gasteiger partial charge in [-0.05, 0) is 122 Å². The highest BCUT2D eigenvalue weighted by atomic mass is 35.5. The minimum atomic E-state index is -4.10. The summed E-state index contributed by atoms with van der Waals surface area (Å²) >= 11 is 11.8. The van der Waals surface area contributed by atoms with Crippen LogP contribution in [0.5, 0.6) is 0 Å². The van der Waals surface area contributed by atoms with Gasteiger partial charge in [-0.2, -0.15) is 8.61 Å². The summed E-state index contributed by atoms with van der Waals surface area (Å²) in [5.41, 5.74) is 1.33. The van der Waals surface area contributed by atoms with Gasteiger partial charge in [0.05, 0.1) is 15.4 Å². The van der Waals surface area contributed by atoms with Crippen molar-refractivity contribution in [3.05, 3.63) is 129 Å². The lowest BCUT2D eigenvalue weighted by atomic mass is 10.0. The van der Waals surface area contributed by atoms with E-state index in [1.54, 1.807) is 36.4 Å². The van der Waals surface area contributed by atoms with Gasteiger partial charge in [-0.15, -0.1) is 0 Å². The van der Waals surface area contributed by atoms with E-state index >= 15 is 0 Å². The average Bonchev–Trinajstić information content (AvgIpc) is 3.63. The summed E-state index contributed by atoms with van der Waals surface area (Å²) in [6.45, 7) is 0.624. The molecule has 3 heterocycles. The van der Waals surface area contributed by atoms with Crippen molar-refractivity contribution in [2.75, 3.05) is 26.2 Å². The van der Waals surface area contributed by atoms with Crippen LogP contribution in [0, 0.1) is 0 Å². The number of piperidine rings is 1. The number of hydrogen-bond donors (Lipinski definition) is 3. The summed E-state index contributed by atoms with van der Waals surface area (Å²) in [6, 6.07) is 22.2. The number of nitrogens with zero attached hydrogens (tertiary/aromatic N) is 3. The Morgan fingerprint density at radius 3 is 1.51 bits per heavy atom. The van der Waals surface area contributed by atoms with Crippen LogP contribution in [0.3, 0.4) is 0 Å². The van der Waals surface area contributed by atoms with Gasteiger partial charge in [-0.3, -0.25) is 14.4 Å². The first-order valence-electron chi connectivity index (χ1n) is 21.0. The summed E-state index contributed by atoms with van der Waals surface area (Å²) in [5, 5.41) is 15.6. The van der Waals surface area contributed by atoms with E-state index in [0.29, 0.717) is 59.9 Å². The van der Waals surface area contributed by atoms with Crippen LogP contribution in [0.4, 0.5) is 8.78 Å². The van der Waals surface area contributed by atoms with Crippen molar-refractivity contribution in [1.82, 2.24) is 24.1 Å². The normalized spacial score (nSPS) is 19.3. The van der Waals surface area contributed by atoms with Gasteiger partial charge in [-0.25, -0.2) is 30.4 Å². The molecule has 0 saturated carbocycles. The Bertz CT molecular complexity index is 2580. The number of amides is 3. The zero-order valence-electron chi connectivity index (χ0n) is 35.2.